The lowest BCUT2D eigenvalue weighted by atomic mass is 10.3. The van der Waals surface area contributed by atoms with Gasteiger partial charge in [0.1, 0.15) is 5.02 Å². The number of rotatable bonds is 2. The maximum absolute atomic E-state index is 12.2. The summed E-state index contributed by atoms with van der Waals surface area (Å²) < 4.78 is 36.7. The van der Waals surface area contributed by atoms with Gasteiger partial charge in [0.2, 0.25) is 0 Å². The average molecular weight is 253 g/mol. The minimum atomic E-state index is -4.47. The van der Waals surface area contributed by atoms with Crippen molar-refractivity contribution in [2.75, 3.05) is 0 Å². The molecule has 0 radical (unpaired) electrons. The summed E-state index contributed by atoms with van der Waals surface area (Å²) in [6, 6.07) is 0.740. The molecule has 16 heavy (non-hydrogen) atoms. The summed E-state index contributed by atoms with van der Waals surface area (Å²) in [7, 11) is 0. The number of nitrogens with zero attached hydrogens (tertiary/aromatic N) is 2. The van der Waals surface area contributed by atoms with Crippen molar-refractivity contribution in [3.8, 4) is 5.88 Å². The molecular formula is C9H8ClF3N2O. The molecule has 0 bridgehead atoms. The van der Waals surface area contributed by atoms with Crippen LogP contribution in [0, 0.1) is 0 Å². The highest BCUT2D eigenvalue weighted by Crippen LogP contribution is 2.33. The number of alkyl halides is 3. The van der Waals surface area contributed by atoms with E-state index in [1.54, 1.807) is 13.8 Å². The fourth-order valence-corrected chi connectivity index (χ4v) is 0.983. The second kappa shape index (κ2) is 4.69. The molecule has 0 fully saturated rings. The fourth-order valence-electron chi connectivity index (χ4n) is 0.782. The number of pyridine rings is 1. The van der Waals surface area contributed by atoms with Crippen LogP contribution in [0.1, 0.15) is 19.4 Å². The van der Waals surface area contributed by atoms with Gasteiger partial charge in [-0.1, -0.05) is 16.8 Å². The van der Waals surface area contributed by atoms with E-state index in [4.69, 9.17) is 16.4 Å². The van der Waals surface area contributed by atoms with Crippen molar-refractivity contribution >= 4 is 17.3 Å². The molecule has 1 rings (SSSR count). The second-order valence-corrected chi connectivity index (χ2v) is 3.55. The van der Waals surface area contributed by atoms with Crippen LogP contribution < -0.4 is 4.84 Å². The van der Waals surface area contributed by atoms with Gasteiger partial charge in [0.05, 0.1) is 11.3 Å². The smallest absolute Gasteiger partial charge is 0.335 e. The van der Waals surface area contributed by atoms with E-state index in [9.17, 15) is 13.2 Å². The molecule has 0 amide bonds. The first-order chi connectivity index (χ1) is 7.30. The number of aromatic nitrogens is 1. The van der Waals surface area contributed by atoms with Gasteiger partial charge in [-0.05, 0) is 19.9 Å². The second-order valence-electron chi connectivity index (χ2n) is 3.14. The Kier molecular flexibility index (Phi) is 3.74. The summed E-state index contributed by atoms with van der Waals surface area (Å²) in [5.41, 5.74) is -0.334. The summed E-state index contributed by atoms with van der Waals surface area (Å²) >= 11 is 5.56. The van der Waals surface area contributed by atoms with Crippen molar-refractivity contribution in [1.29, 1.82) is 0 Å². The predicted molar refractivity (Wildman–Crippen MR) is 53.7 cm³/mol. The molecule has 0 unspecified atom stereocenters. The molecular weight excluding hydrogens is 245 g/mol. The predicted octanol–water partition coefficient (Wildman–Crippen LogP) is 3.53. The Morgan fingerprint density at radius 2 is 2.06 bits per heavy atom. The van der Waals surface area contributed by atoms with Crippen LogP contribution in [0.25, 0.3) is 0 Å². The lowest BCUT2D eigenvalue weighted by Gasteiger charge is -2.07. The van der Waals surface area contributed by atoms with Crippen LogP contribution in [-0.4, -0.2) is 10.7 Å². The average Bonchev–Trinajstić information content (AvgIpc) is 2.14. The van der Waals surface area contributed by atoms with Crippen LogP contribution >= 0.6 is 11.6 Å². The number of halogens is 4. The zero-order valence-electron chi connectivity index (χ0n) is 8.47. The molecule has 0 saturated heterocycles. The molecule has 88 valence electrons. The largest absolute Gasteiger partial charge is 0.417 e. The first kappa shape index (κ1) is 12.8. The van der Waals surface area contributed by atoms with Gasteiger partial charge >= 0.3 is 6.18 Å². The molecule has 0 aliphatic carbocycles. The molecule has 3 nitrogen and oxygen atoms in total. The Hall–Kier alpha value is -1.30. The van der Waals surface area contributed by atoms with E-state index in [2.05, 4.69) is 10.1 Å². The maximum atomic E-state index is 12.2. The third-order valence-electron chi connectivity index (χ3n) is 1.45. The van der Waals surface area contributed by atoms with E-state index < -0.39 is 11.7 Å². The molecule has 1 heterocycles. The molecule has 1 aromatic heterocycles. The standard InChI is InChI=1S/C9H8ClF3N2O/c1-5(2)15-16-8-7(10)3-6(4-14-8)9(11,12)13/h3-4H,1-2H3. The normalized spacial score (nSPS) is 11.1. The lowest BCUT2D eigenvalue weighted by Crippen LogP contribution is -2.06. The SMILES string of the molecule is CC(C)=NOc1ncc(C(F)(F)F)cc1Cl. The van der Waals surface area contributed by atoms with Gasteiger partial charge in [-0.15, -0.1) is 0 Å². The Morgan fingerprint density at radius 1 is 1.44 bits per heavy atom. The molecule has 0 spiro atoms. The lowest BCUT2D eigenvalue weighted by molar-refractivity contribution is -0.137. The van der Waals surface area contributed by atoms with Gasteiger partial charge in [-0.2, -0.15) is 13.2 Å². The minimum absolute atomic E-state index is 0.157. The van der Waals surface area contributed by atoms with Crippen molar-refractivity contribution in [1.82, 2.24) is 4.98 Å². The van der Waals surface area contributed by atoms with Crippen molar-refractivity contribution in [3.63, 3.8) is 0 Å². The third kappa shape index (κ3) is 3.37. The van der Waals surface area contributed by atoms with Crippen molar-refractivity contribution in [3.05, 3.63) is 22.8 Å². The van der Waals surface area contributed by atoms with E-state index in [0.29, 0.717) is 11.9 Å². The highest BCUT2D eigenvalue weighted by Gasteiger charge is 2.31. The summed E-state index contributed by atoms with van der Waals surface area (Å²) in [6.45, 7) is 3.33. The topological polar surface area (TPSA) is 34.5 Å². The Balaban J connectivity index is 2.97. The Labute approximate surface area is 94.9 Å². The van der Waals surface area contributed by atoms with E-state index >= 15 is 0 Å². The van der Waals surface area contributed by atoms with Crippen molar-refractivity contribution in [2.24, 2.45) is 5.16 Å². The summed E-state index contributed by atoms with van der Waals surface area (Å²) in [5, 5.41) is 3.30. The third-order valence-corrected chi connectivity index (χ3v) is 1.72. The van der Waals surface area contributed by atoms with E-state index in [1.807, 2.05) is 0 Å². The van der Waals surface area contributed by atoms with Crippen LogP contribution in [0.3, 0.4) is 0 Å². The first-order valence-electron chi connectivity index (χ1n) is 4.21. The minimum Gasteiger partial charge on any atom is -0.335 e. The molecule has 0 aliphatic rings. The zero-order valence-corrected chi connectivity index (χ0v) is 9.23. The van der Waals surface area contributed by atoms with Crippen LogP contribution in [0.2, 0.25) is 5.02 Å². The molecule has 0 aromatic carbocycles. The molecule has 1 aromatic rings. The number of hydrogen-bond donors (Lipinski definition) is 0. The Morgan fingerprint density at radius 3 is 2.50 bits per heavy atom. The van der Waals surface area contributed by atoms with Gasteiger partial charge in [0, 0.05) is 6.20 Å². The first-order valence-corrected chi connectivity index (χ1v) is 4.59. The summed E-state index contributed by atoms with van der Waals surface area (Å²) in [4.78, 5) is 8.18. The van der Waals surface area contributed by atoms with Gasteiger partial charge in [-0.3, -0.25) is 0 Å². The van der Waals surface area contributed by atoms with Gasteiger partial charge in [-0.25, -0.2) is 4.98 Å². The molecule has 0 N–H and O–H groups in total. The monoisotopic (exact) mass is 252 g/mol. The highest BCUT2D eigenvalue weighted by molar-refractivity contribution is 6.31. The number of oxime groups is 1. The van der Waals surface area contributed by atoms with E-state index in [-0.39, 0.29) is 10.9 Å². The number of hydrogen-bond acceptors (Lipinski definition) is 3. The van der Waals surface area contributed by atoms with Crippen LogP contribution in [0.15, 0.2) is 17.4 Å². The van der Waals surface area contributed by atoms with E-state index in [1.165, 1.54) is 0 Å². The van der Waals surface area contributed by atoms with E-state index in [0.717, 1.165) is 6.07 Å². The van der Waals surface area contributed by atoms with Crippen molar-refractivity contribution in [2.45, 2.75) is 20.0 Å². The van der Waals surface area contributed by atoms with Gasteiger partial charge in [0.25, 0.3) is 5.88 Å². The van der Waals surface area contributed by atoms with Crippen molar-refractivity contribution < 1.29 is 18.0 Å². The van der Waals surface area contributed by atoms with Gasteiger partial charge in [0.15, 0.2) is 0 Å². The molecule has 7 heteroatoms. The van der Waals surface area contributed by atoms with Gasteiger partial charge < -0.3 is 4.84 Å². The summed E-state index contributed by atoms with van der Waals surface area (Å²) in [5.74, 6) is -0.157. The molecule has 0 aliphatic heterocycles. The zero-order chi connectivity index (χ0) is 12.3. The van der Waals surface area contributed by atoms with Crippen LogP contribution in [-0.2, 0) is 6.18 Å². The Bertz CT molecular complexity index is 414. The summed E-state index contributed by atoms with van der Waals surface area (Å²) in [6.07, 6.45) is -3.83. The molecule has 0 saturated carbocycles. The fraction of sp³-hybridized carbons (Fsp3) is 0.333. The highest BCUT2D eigenvalue weighted by atomic mass is 35.5. The quantitative estimate of drug-likeness (QED) is 0.596. The molecule has 0 atom stereocenters. The maximum Gasteiger partial charge on any atom is 0.417 e. The van der Waals surface area contributed by atoms with Crippen LogP contribution in [0.4, 0.5) is 13.2 Å². The van der Waals surface area contributed by atoms with Crippen LogP contribution in [0.5, 0.6) is 5.88 Å².